The smallest absolute Gasteiger partial charge is 0.219 e. The highest BCUT2D eigenvalue weighted by Crippen LogP contribution is 2.12. The molecule has 0 aliphatic rings. The Labute approximate surface area is 109 Å². The molecule has 0 fully saturated rings. The SMILES string of the molecule is CCCc1nc(N)n(Cc2ccc(Br)cc2)n1. The molecule has 90 valence electrons. The summed E-state index contributed by atoms with van der Waals surface area (Å²) in [5.41, 5.74) is 6.99. The molecule has 5 heteroatoms. The van der Waals surface area contributed by atoms with Crippen LogP contribution in [0.5, 0.6) is 0 Å². The van der Waals surface area contributed by atoms with Crippen LogP contribution in [-0.4, -0.2) is 14.8 Å². The maximum atomic E-state index is 5.83. The van der Waals surface area contributed by atoms with E-state index in [2.05, 4.69) is 32.9 Å². The topological polar surface area (TPSA) is 56.7 Å². The van der Waals surface area contributed by atoms with Crippen molar-refractivity contribution >= 4 is 21.9 Å². The molecule has 0 atom stereocenters. The predicted molar refractivity (Wildman–Crippen MR) is 71.7 cm³/mol. The molecule has 0 aliphatic heterocycles. The summed E-state index contributed by atoms with van der Waals surface area (Å²) < 4.78 is 2.81. The highest BCUT2D eigenvalue weighted by atomic mass is 79.9. The summed E-state index contributed by atoms with van der Waals surface area (Å²) in [5, 5.41) is 4.39. The molecule has 0 saturated carbocycles. The predicted octanol–water partition coefficient (Wildman–Crippen LogP) is 2.62. The van der Waals surface area contributed by atoms with E-state index in [1.54, 1.807) is 4.68 Å². The van der Waals surface area contributed by atoms with Crippen molar-refractivity contribution in [3.05, 3.63) is 40.1 Å². The van der Waals surface area contributed by atoms with Crippen molar-refractivity contribution < 1.29 is 0 Å². The van der Waals surface area contributed by atoms with Crippen molar-refractivity contribution in [2.45, 2.75) is 26.3 Å². The van der Waals surface area contributed by atoms with Gasteiger partial charge in [0.25, 0.3) is 0 Å². The van der Waals surface area contributed by atoms with Crippen LogP contribution < -0.4 is 5.73 Å². The molecule has 1 heterocycles. The number of aryl methyl sites for hydroxylation is 1. The van der Waals surface area contributed by atoms with Crippen molar-refractivity contribution in [2.75, 3.05) is 5.73 Å². The Morgan fingerprint density at radius 2 is 2.00 bits per heavy atom. The number of hydrogen-bond donors (Lipinski definition) is 1. The van der Waals surface area contributed by atoms with Crippen molar-refractivity contribution in [1.29, 1.82) is 0 Å². The van der Waals surface area contributed by atoms with Gasteiger partial charge in [-0.3, -0.25) is 0 Å². The minimum atomic E-state index is 0.483. The van der Waals surface area contributed by atoms with E-state index in [0.29, 0.717) is 12.5 Å². The molecular weight excluding hydrogens is 280 g/mol. The van der Waals surface area contributed by atoms with E-state index in [-0.39, 0.29) is 0 Å². The van der Waals surface area contributed by atoms with E-state index in [9.17, 15) is 0 Å². The van der Waals surface area contributed by atoms with Gasteiger partial charge in [0, 0.05) is 10.9 Å². The van der Waals surface area contributed by atoms with Gasteiger partial charge in [-0.2, -0.15) is 10.1 Å². The lowest BCUT2D eigenvalue weighted by Crippen LogP contribution is -2.06. The summed E-state index contributed by atoms with van der Waals surface area (Å²) in [5.74, 6) is 1.30. The van der Waals surface area contributed by atoms with Crippen molar-refractivity contribution in [3.8, 4) is 0 Å². The Morgan fingerprint density at radius 1 is 1.29 bits per heavy atom. The lowest BCUT2D eigenvalue weighted by Gasteiger charge is -2.02. The molecule has 0 radical (unpaired) electrons. The molecule has 0 amide bonds. The molecule has 0 spiro atoms. The highest BCUT2D eigenvalue weighted by Gasteiger charge is 2.06. The molecular formula is C12H15BrN4. The molecule has 0 bridgehead atoms. The van der Waals surface area contributed by atoms with Gasteiger partial charge in [0.2, 0.25) is 5.95 Å². The third-order valence-corrected chi connectivity index (χ3v) is 2.99. The molecule has 2 aromatic rings. The minimum Gasteiger partial charge on any atom is -0.368 e. The number of nitrogen functional groups attached to an aromatic ring is 1. The first-order valence-electron chi connectivity index (χ1n) is 5.62. The lowest BCUT2D eigenvalue weighted by atomic mass is 10.2. The zero-order chi connectivity index (χ0) is 12.3. The van der Waals surface area contributed by atoms with E-state index in [4.69, 9.17) is 5.73 Å². The van der Waals surface area contributed by atoms with Gasteiger partial charge in [0.1, 0.15) is 0 Å². The lowest BCUT2D eigenvalue weighted by molar-refractivity contribution is 0.676. The molecule has 17 heavy (non-hydrogen) atoms. The molecule has 2 rings (SSSR count). The van der Waals surface area contributed by atoms with Crippen LogP contribution in [0.25, 0.3) is 0 Å². The second-order valence-corrected chi connectivity index (χ2v) is 4.84. The quantitative estimate of drug-likeness (QED) is 0.943. The van der Waals surface area contributed by atoms with Gasteiger partial charge in [-0.05, 0) is 24.1 Å². The van der Waals surface area contributed by atoms with Gasteiger partial charge in [0.05, 0.1) is 6.54 Å². The van der Waals surface area contributed by atoms with Crippen LogP contribution in [0.4, 0.5) is 5.95 Å². The summed E-state index contributed by atoms with van der Waals surface area (Å²) in [6.45, 7) is 2.77. The summed E-state index contributed by atoms with van der Waals surface area (Å²) in [4.78, 5) is 4.23. The number of aromatic nitrogens is 3. The van der Waals surface area contributed by atoms with Crippen LogP contribution in [0.3, 0.4) is 0 Å². The average molecular weight is 295 g/mol. The molecule has 1 aromatic carbocycles. The first-order valence-corrected chi connectivity index (χ1v) is 6.42. The number of rotatable bonds is 4. The van der Waals surface area contributed by atoms with Crippen LogP contribution in [0.15, 0.2) is 28.7 Å². The molecule has 1 aromatic heterocycles. The summed E-state index contributed by atoms with van der Waals surface area (Å²) in [6.07, 6.45) is 1.90. The third kappa shape index (κ3) is 3.06. The largest absolute Gasteiger partial charge is 0.368 e. The van der Waals surface area contributed by atoms with Crippen LogP contribution in [-0.2, 0) is 13.0 Å². The monoisotopic (exact) mass is 294 g/mol. The number of hydrogen-bond acceptors (Lipinski definition) is 3. The number of halogens is 1. The summed E-state index contributed by atoms with van der Waals surface area (Å²) in [6, 6.07) is 8.11. The van der Waals surface area contributed by atoms with E-state index >= 15 is 0 Å². The zero-order valence-corrected chi connectivity index (χ0v) is 11.3. The van der Waals surface area contributed by atoms with Crippen molar-refractivity contribution in [2.24, 2.45) is 0 Å². The van der Waals surface area contributed by atoms with Gasteiger partial charge in [0.15, 0.2) is 5.82 Å². The van der Waals surface area contributed by atoms with Crippen LogP contribution in [0.1, 0.15) is 24.7 Å². The molecule has 2 N–H and O–H groups in total. The third-order valence-electron chi connectivity index (χ3n) is 2.46. The zero-order valence-electron chi connectivity index (χ0n) is 9.73. The summed E-state index contributed by atoms with van der Waals surface area (Å²) >= 11 is 3.41. The van der Waals surface area contributed by atoms with Crippen molar-refractivity contribution in [3.63, 3.8) is 0 Å². The maximum Gasteiger partial charge on any atom is 0.219 e. The van der Waals surface area contributed by atoms with Gasteiger partial charge in [-0.25, -0.2) is 4.68 Å². The number of anilines is 1. The van der Waals surface area contributed by atoms with E-state index in [1.165, 1.54) is 0 Å². The highest BCUT2D eigenvalue weighted by molar-refractivity contribution is 9.10. The fraction of sp³-hybridized carbons (Fsp3) is 0.333. The first kappa shape index (κ1) is 12.1. The number of benzene rings is 1. The van der Waals surface area contributed by atoms with Crippen LogP contribution >= 0.6 is 15.9 Å². The van der Waals surface area contributed by atoms with E-state index in [0.717, 1.165) is 28.7 Å². The number of nitrogens with zero attached hydrogens (tertiary/aromatic N) is 3. The van der Waals surface area contributed by atoms with Crippen LogP contribution in [0, 0.1) is 0 Å². The normalized spacial score (nSPS) is 10.7. The second-order valence-electron chi connectivity index (χ2n) is 3.92. The number of nitrogens with two attached hydrogens (primary N) is 1. The Balaban J connectivity index is 2.15. The van der Waals surface area contributed by atoms with Gasteiger partial charge in [-0.15, -0.1) is 0 Å². The fourth-order valence-electron chi connectivity index (χ4n) is 1.61. The second kappa shape index (κ2) is 5.31. The fourth-order valence-corrected chi connectivity index (χ4v) is 1.88. The molecule has 0 unspecified atom stereocenters. The Bertz CT molecular complexity index is 490. The van der Waals surface area contributed by atoms with Crippen LogP contribution in [0.2, 0.25) is 0 Å². The molecule has 0 saturated heterocycles. The van der Waals surface area contributed by atoms with Gasteiger partial charge >= 0.3 is 0 Å². The Hall–Kier alpha value is -1.36. The van der Waals surface area contributed by atoms with E-state index < -0.39 is 0 Å². The molecule has 0 aliphatic carbocycles. The van der Waals surface area contributed by atoms with Crippen molar-refractivity contribution in [1.82, 2.24) is 14.8 Å². The Kier molecular flexibility index (Phi) is 3.78. The summed E-state index contributed by atoms with van der Waals surface area (Å²) in [7, 11) is 0. The minimum absolute atomic E-state index is 0.483. The van der Waals surface area contributed by atoms with Gasteiger partial charge in [-0.1, -0.05) is 35.0 Å². The Morgan fingerprint density at radius 3 is 2.65 bits per heavy atom. The molecule has 4 nitrogen and oxygen atoms in total. The first-order chi connectivity index (χ1) is 8.19. The van der Waals surface area contributed by atoms with Gasteiger partial charge < -0.3 is 5.73 Å². The average Bonchev–Trinajstić information content (AvgIpc) is 2.63. The standard InChI is InChI=1S/C12H15BrN4/c1-2-3-11-15-12(14)17(16-11)8-9-4-6-10(13)7-5-9/h4-7H,2-3,8H2,1H3,(H2,14,15,16). The van der Waals surface area contributed by atoms with E-state index in [1.807, 2.05) is 24.3 Å². The maximum absolute atomic E-state index is 5.83.